The van der Waals surface area contributed by atoms with Gasteiger partial charge < -0.3 is 10.6 Å². The molecule has 1 saturated heterocycles. The summed E-state index contributed by atoms with van der Waals surface area (Å²) in [4.78, 5) is 12.8. The van der Waals surface area contributed by atoms with Gasteiger partial charge in [-0.3, -0.25) is 4.79 Å². The van der Waals surface area contributed by atoms with Crippen molar-refractivity contribution in [1.82, 2.24) is 4.90 Å². The fraction of sp³-hybridized carbons (Fsp3) is 0.900. The fourth-order valence-electron chi connectivity index (χ4n) is 1.33. The summed E-state index contributed by atoms with van der Waals surface area (Å²) in [6.45, 7) is 9.30. The molecular weight excluding hydrogens is 164 g/mol. The van der Waals surface area contributed by atoms with E-state index in [0.717, 1.165) is 25.9 Å². The quantitative estimate of drug-likeness (QED) is 0.621. The maximum Gasteiger partial charge on any atom is 0.219 e. The topological polar surface area (TPSA) is 46.3 Å². The van der Waals surface area contributed by atoms with E-state index in [1.165, 1.54) is 0 Å². The molecule has 3 nitrogen and oxygen atoms in total. The zero-order valence-electron chi connectivity index (χ0n) is 9.26. The van der Waals surface area contributed by atoms with Crippen LogP contribution in [0.4, 0.5) is 0 Å². The van der Waals surface area contributed by atoms with Crippen LogP contribution in [0.15, 0.2) is 0 Å². The van der Waals surface area contributed by atoms with E-state index < -0.39 is 0 Å². The Bertz CT molecular complexity index is 156. The van der Waals surface area contributed by atoms with Gasteiger partial charge in [-0.15, -0.1) is 0 Å². The normalized spacial score (nSPS) is 20.2. The van der Waals surface area contributed by atoms with Crippen LogP contribution in [0.2, 0.25) is 0 Å². The van der Waals surface area contributed by atoms with Crippen molar-refractivity contribution in [1.29, 1.82) is 0 Å². The number of amides is 1. The standard InChI is InChI=1S/C8H16N2O.C2H6/c1-7(11)10-5-3-8(2,9)4-6-10;1-2/h3-6,9H2,1-2H3;1-2H3. The Morgan fingerprint density at radius 2 is 1.69 bits per heavy atom. The first kappa shape index (κ1) is 12.4. The molecule has 1 amide bonds. The number of hydrogen-bond donors (Lipinski definition) is 1. The molecule has 0 aromatic carbocycles. The van der Waals surface area contributed by atoms with E-state index in [0.29, 0.717) is 0 Å². The van der Waals surface area contributed by atoms with Gasteiger partial charge in [-0.05, 0) is 19.8 Å². The molecule has 1 aliphatic rings. The van der Waals surface area contributed by atoms with Crippen LogP contribution in [-0.4, -0.2) is 29.4 Å². The third-order valence-corrected chi connectivity index (χ3v) is 2.35. The number of carbonyl (C=O) groups excluding carboxylic acids is 1. The Balaban J connectivity index is 0.000000671. The maximum absolute atomic E-state index is 10.9. The van der Waals surface area contributed by atoms with Crippen molar-refractivity contribution >= 4 is 5.91 Å². The molecular formula is C10H22N2O. The highest BCUT2D eigenvalue weighted by atomic mass is 16.2. The molecule has 0 unspecified atom stereocenters. The van der Waals surface area contributed by atoms with Crippen LogP contribution in [0.25, 0.3) is 0 Å². The van der Waals surface area contributed by atoms with E-state index in [-0.39, 0.29) is 11.4 Å². The molecule has 13 heavy (non-hydrogen) atoms. The van der Waals surface area contributed by atoms with E-state index in [4.69, 9.17) is 5.73 Å². The molecule has 0 aromatic rings. The van der Waals surface area contributed by atoms with Gasteiger partial charge in [0, 0.05) is 25.6 Å². The molecule has 3 heteroatoms. The molecule has 0 spiro atoms. The number of rotatable bonds is 0. The predicted molar refractivity (Wildman–Crippen MR) is 55.4 cm³/mol. The molecule has 0 saturated carbocycles. The highest BCUT2D eigenvalue weighted by Crippen LogP contribution is 2.18. The highest BCUT2D eigenvalue weighted by Gasteiger charge is 2.26. The zero-order chi connectivity index (χ0) is 10.5. The minimum atomic E-state index is -0.0497. The Hall–Kier alpha value is -0.570. The van der Waals surface area contributed by atoms with Crippen LogP contribution in [0, 0.1) is 0 Å². The minimum absolute atomic E-state index is 0.0497. The molecule has 0 atom stereocenters. The Morgan fingerprint density at radius 1 is 1.31 bits per heavy atom. The van der Waals surface area contributed by atoms with Crippen LogP contribution in [0.3, 0.4) is 0 Å². The lowest BCUT2D eigenvalue weighted by atomic mass is 9.91. The lowest BCUT2D eigenvalue weighted by Crippen LogP contribution is -2.49. The van der Waals surface area contributed by atoms with Crippen molar-refractivity contribution in [3.8, 4) is 0 Å². The predicted octanol–water partition coefficient (Wildman–Crippen LogP) is 1.37. The van der Waals surface area contributed by atoms with Crippen LogP contribution in [0.5, 0.6) is 0 Å². The Morgan fingerprint density at radius 3 is 2.00 bits per heavy atom. The molecule has 0 aromatic heterocycles. The third-order valence-electron chi connectivity index (χ3n) is 2.35. The Labute approximate surface area is 81.3 Å². The number of hydrogen-bond acceptors (Lipinski definition) is 2. The molecule has 1 heterocycles. The summed E-state index contributed by atoms with van der Waals surface area (Å²) in [6.07, 6.45) is 1.85. The number of nitrogens with two attached hydrogens (primary N) is 1. The van der Waals surface area contributed by atoms with Crippen molar-refractivity contribution in [2.75, 3.05) is 13.1 Å². The van der Waals surface area contributed by atoms with Gasteiger partial charge in [0.25, 0.3) is 0 Å². The van der Waals surface area contributed by atoms with Gasteiger partial charge in [0.05, 0.1) is 0 Å². The van der Waals surface area contributed by atoms with Gasteiger partial charge in [-0.1, -0.05) is 13.8 Å². The lowest BCUT2D eigenvalue weighted by molar-refractivity contribution is -0.130. The summed E-state index contributed by atoms with van der Waals surface area (Å²) >= 11 is 0. The largest absolute Gasteiger partial charge is 0.343 e. The van der Waals surface area contributed by atoms with Crippen LogP contribution in [0.1, 0.15) is 40.5 Å². The van der Waals surface area contributed by atoms with Crippen LogP contribution in [-0.2, 0) is 4.79 Å². The zero-order valence-corrected chi connectivity index (χ0v) is 9.26. The molecule has 2 N–H and O–H groups in total. The molecule has 1 aliphatic heterocycles. The molecule has 0 aliphatic carbocycles. The van der Waals surface area contributed by atoms with E-state index in [1.54, 1.807) is 6.92 Å². The second-order valence-electron chi connectivity index (χ2n) is 3.66. The summed E-state index contributed by atoms with van der Waals surface area (Å²) in [5, 5.41) is 0. The van der Waals surface area contributed by atoms with Crippen LogP contribution < -0.4 is 5.73 Å². The van der Waals surface area contributed by atoms with Crippen molar-refractivity contribution in [2.45, 2.75) is 46.1 Å². The molecule has 78 valence electrons. The monoisotopic (exact) mass is 186 g/mol. The van der Waals surface area contributed by atoms with E-state index >= 15 is 0 Å². The first-order chi connectivity index (χ1) is 6.01. The first-order valence-corrected chi connectivity index (χ1v) is 5.06. The first-order valence-electron chi connectivity index (χ1n) is 5.06. The molecule has 0 bridgehead atoms. The van der Waals surface area contributed by atoms with Gasteiger partial charge in [-0.2, -0.15) is 0 Å². The second-order valence-corrected chi connectivity index (χ2v) is 3.66. The van der Waals surface area contributed by atoms with Gasteiger partial charge in [0.15, 0.2) is 0 Å². The SMILES string of the molecule is CC.CC(=O)N1CCC(C)(N)CC1. The van der Waals surface area contributed by atoms with Gasteiger partial charge in [-0.25, -0.2) is 0 Å². The van der Waals surface area contributed by atoms with Gasteiger partial charge >= 0.3 is 0 Å². The van der Waals surface area contributed by atoms with Crippen molar-refractivity contribution in [3.05, 3.63) is 0 Å². The molecule has 1 fully saturated rings. The van der Waals surface area contributed by atoms with Crippen molar-refractivity contribution < 1.29 is 4.79 Å². The number of likely N-dealkylation sites (tertiary alicyclic amines) is 1. The number of nitrogens with zero attached hydrogens (tertiary/aromatic N) is 1. The van der Waals surface area contributed by atoms with Gasteiger partial charge in [0.2, 0.25) is 5.91 Å². The smallest absolute Gasteiger partial charge is 0.219 e. The molecule has 1 rings (SSSR count). The second kappa shape index (κ2) is 5.22. The molecule has 0 radical (unpaired) electrons. The fourth-order valence-corrected chi connectivity index (χ4v) is 1.33. The van der Waals surface area contributed by atoms with E-state index in [1.807, 2.05) is 25.7 Å². The van der Waals surface area contributed by atoms with Crippen LogP contribution >= 0.6 is 0 Å². The average Bonchev–Trinajstić information content (AvgIpc) is 2.07. The van der Waals surface area contributed by atoms with E-state index in [2.05, 4.69) is 0 Å². The summed E-state index contributed by atoms with van der Waals surface area (Å²) in [7, 11) is 0. The van der Waals surface area contributed by atoms with E-state index in [9.17, 15) is 4.79 Å². The lowest BCUT2D eigenvalue weighted by Gasteiger charge is -2.36. The average molecular weight is 186 g/mol. The van der Waals surface area contributed by atoms with Gasteiger partial charge in [0.1, 0.15) is 0 Å². The summed E-state index contributed by atoms with van der Waals surface area (Å²) in [5.41, 5.74) is 5.85. The van der Waals surface area contributed by atoms with Crippen molar-refractivity contribution in [2.24, 2.45) is 5.73 Å². The summed E-state index contributed by atoms with van der Waals surface area (Å²) in [5.74, 6) is 0.167. The number of piperidine rings is 1. The van der Waals surface area contributed by atoms with Crippen molar-refractivity contribution in [3.63, 3.8) is 0 Å². The summed E-state index contributed by atoms with van der Waals surface area (Å²) in [6, 6.07) is 0. The maximum atomic E-state index is 10.9. The minimum Gasteiger partial charge on any atom is -0.343 e. The highest BCUT2D eigenvalue weighted by molar-refractivity contribution is 5.73. The summed E-state index contributed by atoms with van der Waals surface area (Å²) < 4.78 is 0. The Kier molecular flexibility index (Phi) is 4.99. The third kappa shape index (κ3) is 4.27. The number of carbonyl (C=O) groups is 1.